The summed E-state index contributed by atoms with van der Waals surface area (Å²) in [6.07, 6.45) is 0. The molecule has 3 N–H and O–H groups in total. The van der Waals surface area contributed by atoms with Crippen LogP contribution in [0.1, 0.15) is 15.9 Å². The zero-order chi connectivity index (χ0) is 14.1. The van der Waals surface area contributed by atoms with E-state index < -0.39 is 11.0 Å². The van der Waals surface area contributed by atoms with E-state index in [1.54, 1.807) is 24.3 Å². The lowest BCUT2D eigenvalue weighted by Crippen LogP contribution is -3.03. The van der Waals surface area contributed by atoms with E-state index >= 15 is 0 Å². The van der Waals surface area contributed by atoms with E-state index in [1.807, 2.05) is 30.3 Å². The van der Waals surface area contributed by atoms with E-state index in [4.69, 9.17) is 0 Å². The lowest BCUT2D eigenvalue weighted by molar-refractivity contribution is -1.01. The highest BCUT2D eigenvalue weighted by molar-refractivity contribution is 6.20. The van der Waals surface area contributed by atoms with Crippen molar-refractivity contribution in [1.82, 2.24) is 0 Å². The molecule has 0 amide bonds. The van der Waals surface area contributed by atoms with Gasteiger partial charge in [0.25, 0.3) is 5.78 Å². The Balaban J connectivity index is 2.10. The fourth-order valence-corrected chi connectivity index (χ4v) is 2.28. The van der Waals surface area contributed by atoms with Crippen LogP contribution in [0.3, 0.4) is 0 Å². The highest BCUT2D eigenvalue weighted by Gasteiger charge is 2.35. The van der Waals surface area contributed by atoms with Crippen LogP contribution in [0.2, 0.25) is 0 Å². The maximum Gasteiger partial charge on any atom is 0.252 e. The fraction of sp³-hybridized carbons (Fsp3) is 0. The molecule has 2 aromatic rings. The van der Waals surface area contributed by atoms with Crippen molar-refractivity contribution in [3.63, 3.8) is 0 Å². The van der Waals surface area contributed by atoms with Crippen LogP contribution in [0.15, 0.2) is 60.3 Å². The average molecular weight is 268 g/mol. The molecule has 0 aliphatic heterocycles. The number of benzene rings is 2. The summed E-state index contributed by atoms with van der Waals surface area (Å²) in [7, 11) is 0. The molecule has 1 atom stereocenters. The largest absolute Gasteiger partial charge is 0.595 e. The maximum atomic E-state index is 12.2. The fourth-order valence-electron chi connectivity index (χ4n) is 2.28. The van der Waals surface area contributed by atoms with Crippen LogP contribution < -0.4 is 10.5 Å². The molecule has 0 radical (unpaired) electrons. The van der Waals surface area contributed by atoms with Gasteiger partial charge in [0, 0.05) is 16.8 Å². The van der Waals surface area contributed by atoms with Gasteiger partial charge in [-0.05, 0) is 12.1 Å². The number of quaternary nitrogens is 1. The molecule has 20 heavy (non-hydrogen) atoms. The lowest BCUT2D eigenvalue weighted by atomic mass is 10.1. The van der Waals surface area contributed by atoms with Crippen LogP contribution >= 0.6 is 0 Å². The highest BCUT2D eigenvalue weighted by atomic mass is 16.8. The van der Waals surface area contributed by atoms with Crippen LogP contribution in [0.25, 0.3) is 5.70 Å². The van der Waals surface area contributed by atoms with Gasteiger partial charge in [0.1, 0.15) is 5.70 Å². The van der Waals surface area contributed by atoms with E-state index in [1.165, 1.54) is 0 Å². The number of hydroxylamine groups is 2. The molecule has 0 fully saturated rings. The van der Waals surface area contributed by atoms with Crippen molar-refractivity contribution in [1.29, 1.82) is 0 Å². The third-order valence-electron chi connectivity index (χ3n) is 3.18. The van der Waals surface area contributed by atoms with Gasteiger partial charge in [-0.15, -0.1) is 0 Å². The second-order valence-corrected chi connectivity index (χ2v) is 4.42. The van der Waals surface area contributed by atoms with Gasteiger partial charge >= 0.3 is 0 Å². The number of rotatable bonds is 3. The molecule has 0 saturated heterocycles. The van der Waals surface area contributed by atoms with Crippen molar-refractivity contribution in [2.45, 2.75) is 0 Å². The van der Waals surface area contributed by atoms with Crippen LogP contribution in [0.4, 0.5) is 5.69 Å². The van der Waals surface area contributed by atoms with Crippen LogP contribution in [-0.4, -0.2) is 11.0 Å². The summed E-state index contributed by atoms with van der Waals surface area (Å²) in [5.41, 5.74) is 1.92. The smallest absolute Gasteiger partial charge is 0.252 e. The first-order valence-electron chi connectivity index (χ1n) is 6.12. The van der Waals surface area contributed by atoms with Crippen molar-refractivity contribution >= 4 is 17.2 Å². The molecule has 0 saturated carbocycles. The number of allylic oxidation sites excluding steroid dienone is 1. The first-order valence-corrected chi connectivity index (χ1v) is 6.12. The minimum absolute atomic E-state index is 0.213. The second kappa shape index (κ2) is 4.90. The third-order valence-corrected chi connectivity index (χ3v) is 3.18. The van der Waals surface area contributed by atoms with Gasteiger partial charge in [-0.2, -0.15) is 5.23 Å². The van der Waals surface area contributed by atoms with Gasteiger partial charge in [-0.25, -0.2) is 5.21 Å². The Morgan fingerprint density at radius 2 is 1.55 bits per heavy atom. The number of carbonyl (C=O) groups excluding carboxylic acids is 1. The summed E-state index contributed by atoms with van der Waals surface area (Å²) < 4.78 is 0. The first kappa shape index (κ1) is 12.6. The normalized spacial score (nSPS) is 15.2. The van der Waals surface area contributed by atoms with Crippen LogP contribution in [0, 0.1) is 5.21 Å². The van der Waals surface area contributed by atoms with E-state index in [-0.39, 0.29) is 5.70 Å². The maximum absolute atomic E-state index is 12.2. The monoisotopic (exact) mass is 268 g/mol. The summed E-state index contributed by atoms with van der Waals surface area (Å²) in [5.74, 6) is -0.452. The van der Waals surface area contributed by atoms with Gasteiger partial charge in [0.05, 0.1) is 0 Å². The Hall–Kier alpha value is -2.47. The number of carbonyl (C=O) groups is 1. The standard InChI is InChI=1S/C15H12N2O3/c18-15-12-9-5-4-8-11(12)13(14(15)17(19)20)16-10-6-2-1-3-7-10/h1-9,16-17,19H. The molecule has 0 bridgehead atoms. The van der Waals surface area contributed by atoms with E-state index in [0.29, 0.717) is 16.8 Å². The molecular formula is C15H12N2O3. The second-order valence-electron chi connectivity index (χ2n) is 4.42. The molecule has 3 rings (SSSR count). The Labute approximate surface area is 115 Å². The molecule has 0 spiro atoms. The van der Waals surface area contributed by atoms with E-state index in [0.717, 1.165) is 5.69 Å². The van der Waals surface area contributed by atoms with E-state index in [9.17, 15) is 15.2 Å². The molecule has 5 heteroatoms. The van der Waals surface area contributed by atoms with Crippen molar-refractivity contribution in [2.24, 2.45) is 0 Å². The van der Waals surface area contributed by atoms with Crippen LogP contribution in [0.5, 0.6) is 0 Å². The molecule has 5 nitrogen and oxygen atoms in total. The van der Waals surface area contributed by atoms with Gasteiger partial charge in [0.15, 0.2) is 0 Å². The Morgan fingerprint density at radius 1 is 0.950 bits per heavy atom. The molecule has 0 aromatic heterocycles. The minimum atomic E-state index is -1.22. The summed E-state index contributed by atoms with van der Waals surface area (Å²) in [6.45, 7) is 0. The van der Waals surface area contributed by atoms with Crippen molar-refractivity contribution < 1.29 is 15.2 Å². The third kappa shape index (κ3) is 2.00. The highest BCUT2D eigenvalue weighted by Crippen LogP contribution is 2.30. The summed E-state index contributed by atoms with van der Waals surface area (Å²) in [6, 6.07) is 16.1. The summed E-state index contributed by atoms with van der Waals surface area (Å²) in [4.78, 5) is 12.2. The van der Waals surface area contributed by atoms with E-state index in [2.05, 4.69) is 5.32 Å². The molecular weight excluding hydrogens is 256 g/mol. The predicted octanol–water partition coefficient (Wildman–Crippen LogP) is 1.44. The zero-order valence-electron chi connectivity index (χ0n) is 10.5. The topological polar surface area (TPSA) is 76.8 Å². The predicted molar refractivity (Wildman–Crippen MR) is 73.9 cm³/mol. The lowest BCUT2D eigenvalue weighted by Gasteiger charge is -2.15. The Kier molecular flexibility index (Phi) is 3.08. The number of nitrogens with one attached hydrogen (secondary N) is 2. The first-order chi connectivity index (χ1) is 9.68. The Bertz CT molecular complexity index is 693. The number of hydrogen-bond acceptors (Lipinski definition) is 4. The minimum Gasteiger partial charge on any atom is -0.595 e. The van der Waals surface area contributed by atoms with Crippen molar-refractivity contribution in [3.05, 3.63) is 76.6 Å². The zero-order valence-corrected chi connectivity index (χ0v) is 10.5. The average Bonchev–Trinajstić information content (AvgIpc) is 2.74. The number of hydrogen-bond donors (Lipinski definition) is 3. The van der Waals surface area contributed by atoms with Gasteiger partial charge in [-0.1, -0.05) is 42.5 Å². The molecule has 100 valence electrons. The number of para-hydroxylation sites is 1. The molecule has 0 heterocycles. The van der Waals surface area contributed by atoms with Crippen LogP contribution in [-0.2, 0) is 0 Å². The Morgan fingerprint density at radius 3 is 2.20 bits per heavy atom. The molecule has 2 aromatic carbocycles. The number of anilines is 1. The number of ketones is 1. The molecule has 1 aliphatic rings. The SMILES string of the molecule is O=C1C([NH+]([O-])O)=C(Nc2ccccc2)c2ccccc21. The quantitative estimate of drug-likeness (QED) is 0.736. The van der Waals surface area contributed by atoms with Gasteiger partial charge in [0.2, 0.25) is 5.70 Å². The van der Waals surface area contributed by atoms with Gasteiger partial charge in [-0.3, -0.25) is 4.79 Å². The number of Topliss-reactive ketones (excluding diaryl/α,β-unsaturated/α-hetero) is 1. The molecule has 1 aliphatic carbocycles. The molecule has 1 unspecified atom stereocenters. The summed E-state index contributed by atoms with van der Waals surface area (Å²) >= 11 is 0. The van der Waals surface area contributed by atoms with Gasteiger partial charge < -0.3 is 10.5 Å². The van der Waals surface area contributed by atoms with Crippen molar-refractivity contribution in [3.8, 4) is 0 Å². The summed E-state index contributed by atoms with van der Waals surface area (Å²) in [5, 5.41) is 22.5. The number of fused-ring (bicyclic) bond motifs is 1. The van der Waals surface area contributed by atoms with Crippen molar-refractivity contribution in [2.75, 3.05) is 5.32 Å².